The predicted octanol–water partition coefficient (Wildman–Crippen LogP) is 4.22. The van der Waals surface area contributed by atoms with E-state index in [0.29, 0.717) is 17.2 Å². The lowest BCUT2D eigenvalue weighted by Crippen LogP contribution is -2.31. The molecular weight excluding hydrogens is 431 g/mol. The molecule has 0 radical (unpaired) electrons. The van der Waals surface area contributed by atoms with E-state index in [9.17, 15) is 17.6 Å². The molecule has 154 valence electrons. The second kappa shape index (κ2) is 7.97. The second-order valence-corrected chi connectivity index (χ2v) is 8.78. The molecule has 0 bridgehead atoms. The quantitative estimate of drug-likeness (QED) is 0.614. The number of fused-ring (bicyclic) bond motifs is 1. The maximum Gasteiger partial charge on any atom is 0.265 e. The van der Waals surface area contributed by atoms with Crippen molar-refractivity contribution in [3.63, 3.8) is 0 Å². The number of anilines is 2. The summed E-state index contributed by atoms with van der Waals surface area (Å²) in [6.45, 7) is 0. The standard InChI is InChI=1S/C21H16ClFN2O4S/c22-14-5-10-19-13(11-14)12-20(29-19)21(26)24-17-3-1-2-4-18(17)25-30(27,28)16-8-6-15(23)7-9-16/h1-11,20,25H,12H2,(H,24,26). The summed E-state index contributed by atoms with van der Waals surface area (Å²) in [6, 6.07) is 15.9. The summed E-state index contributed by atoms with van der Waals surface area (Å²) in [4.78, 5) is 12.6. The van der Waals surface area contributed by atoms with E-state index in [1.54, 1.807) is 36.4 Å². The van der Waals surface area contributed by atoms with E-state index in [4.69, 9.17) is 16.3 Å². The van der Waals surface area contributed by atoms with Crippen molar-refractivity contribution in [1.82, 2.24) is 0 Å². The first-order valence-corrected chi connectivity index (χ1v) is 10.8. The van der Waals surface area contributed by atoms with Crippen molar-refractivity contribution in [1.29, 1.82) is 0 Å². The Bertz CT molecular complexity index is 1220. The molecule has 3 aromatic rings. The van der Waals surface area contributed by atoms with Crippen molar-refractivity contribution in [3.8, 4) is 5.75 Å². The number of rotatable bonds is 5. The summed E-state index contributed by atoms with van der Waals surface area (Å²) >= 11 is 5.98. The van der Waals surface area contributed by atoms with Gasteiger partial charge in [0.15, 0.2) is 6.10 Å². The van der Waals surface area contributed by atoms with E-state index in [2.05, 4.69) is 10.0 Å². The highest BCUT2D eigenvalue weighted by atomic mass is 35.5. The lowest BCUT2D eigenvalue weighted by Gasteiger charge is -2.15. The number of carbonyl (C=O) groups is 1. The molecule has 0 aromatic heterocycles. The van der Waals surface area contributed by atoms with Gasteiger partial charge in [0, 0.05) is 11.4 Å². The van der Waals surface area contributed by atoms with Crippen molar-refractivity contribution >= 4 is 38.9 Å². The highest BCUT2D eigenvalue weighted by molar-refractivity contribution is 7.92. The molecule has 9 heteroatoms. The Morgan fingerprint density at radius 2 is 1.73 bits per heavy atom. The van der Waals surface area contributed by atoms with Crippen LogP contribution in [0.2, 0.25) is 5.02 Å². The lowest BCUT2D eigenvalue weighted by atomic mass is 10.1. The molecule has 2 N–H and O–H groups in total. The summed E-state index contributed by atoms with van der Waals surface area (Å²) in [5.74, 6) is -0.374. The van der Waals surface area contributed by atoms with Gasteiger partial charge in [-0.25, -0.2) is 12.8 Å². The van der Waals surface area contributed by atoms with Crippen LogP contribution in [-0.4, -0.2) is 20.4 Å². The molecule has 1 heterocycles. The van der Waals surface area contributed by atoms with Crippen LogP contribution >= 0.6 is 11.6 Å². The van der Waals surface area contributed by atoms with Crippen molar-refractivity contribution in [2.45, 2.75) is 17.4 Å². The Kier molecular flexibility index (Phi) is 5.36. The minimum Gasteiger partial charge on any atom is -0.480 e. The normalized spacial score (nSPS) is 15.2. The summed E-state index contributed by atoms with van der Waals surface area (Å²) in [6.07, 6.45) is -0.411. The first-order chi connectivity index (χ1) is 14.3. The van der Waals surface area contributed by atoms with E-state index in [-0.39, 0.29) is 16.3 Å². The molecule has 0 aliphatic carbocycles. The Hall–Kier alpha value is -3.10. The number of carbonyl (C=O) groups excluding carboxylic acids is 1. The average molecular weight is 447 g/mol. The summed E-state index contributed by atoms with van der Waals surface area (Å²) in [5, 5.41) is 3.26. The lowest BCUT2D eigenvalue weighted by molar-refractivity contribution is -0.122. The van der Waals surface area contributed by atoms with Crippen LogP contribution in [0.15, 0.2) is 71.6 Å². The summed E-state index contributed by atoms with van der Waals surface area (Å²) in [7, 11) is -3.97. The van der Waals surface area contributed by atoms with Gasteiger partial charge in [0.2, 0.25) is 0 Å². The van der Waals surface area contributed by atoms with Crippen LogP contribution in [0.1, 0.15) is 5.56 Å². The predicted molar refractivity (Wildman–Crippen MR) is 112 cm³/mol. The number of halogens is 2. The maximum absolute atomic E-state index is 13.1. The molecule has 1 aliphatic rings. The van der Waals surface area contributed by atoms with Crippen LogP contribution in [0.5, 0.6) is 5.75 Å². The van der Waals surface area contributed by atoms with Crippen molar-refractivity contribution < 1.29 is 22.3 Å². The highest BCUT2D eigenvalue weighted by Crippen LogP contribution is 2.32. The molecule has 1 amide bonds. The fourth-order valence-electron chi connectivity index (χ4n) is 3.08. The van der Waals surface area contributed by atoms with E-state index in [1.807, 2.05) is 0 Å². The molecule has 0 fully saturated rings. The molecule has 1 unspecified atom stereocenters. The third-order valence-electron chi connectivity index (χ3n) is 4.54. The average Bonchev–Trinajstić information content (AvgIpc) is 3.13. The summed E-state index contributed by atoms with van der Waals surface area (Å²) in [5.41, 5.74) is 1.27. The second-order valence-electron chi connectivity index (χ2n) is 6.66. The number of hydrogen-bond donors (Lipinski definition) is 2. The van der Waals surface area contributed by atoms with Crippen LogP contribution in [0.25, 0.3) is 0 Å². The molecule has 6 nitrogen and oxygen atoms in total. The largest absolute Gasteiger partial charge is 0.480 e. The Morgan fingerprint density at radius 1 is 1.03 bits per heavy atom. The zero-order valence-electron chi connectivity index (χ0n) is 15.4. The molecule has 0 spiro atoms. The molecule has 30 heavy (non-hydrogen) atoms. The first-order valence-electron chi connectivity index (χ1n) is 8.95. The third-order valence-corrected chi connectivity index (χ3v) is 6.16. The monoisotopic (exact) mass is 446 g/mol. The third kappa shape index (κ3) is 4.24. The van der Waals surface area contributed by atoms with Gasteiger partial charge in [-0.15, -0.1) is 0 Å². The van der Waals surface area contributed by atoms with Gasteiger partial charge in [-0.1, -0.05) is 23.7 Å². The van der Waals surface area contributed by atoms with Gasteiger partial charge >= 0.3 is 0 Å². The van der Waals surface area contributed by atoms with Crippen LogP contribution in [-0.2, 0) is 21.2 Å². The Balaban J connectivity index is 1.51. The molecule has 1 aliphatic heterocycles. The molecule has 1 atom stereocenters. The SMILES string of the molecule is O=C(Nc1ccccc1NS(=O)(=O)c1ccc(F)cc1)C1Cc2cc(Cl)ccc2O1. The Morgan fingerprint density at radius 3 is 2.47 bits per heavy atom. The van der Waals surface area contributed by atoms with Gasteiger partial charge in [-0.3, -0.25) is 9.52 Å². The van der Waals surface area contributed by atoms with E-state index >= 15 is 0 Å². The molecule has 0 saturated heterocycles. The van der Waals surface area contributed by atoms with Crippen molar-refractivity contribution in [2.75, 3.05) is 10.0 Å². The number of nitrogens with one attached hydrogen (secondary N) is 2. The fourth-order valence-corrected chi connectivity index (χ4v) is 4.35. The van der Waals surface area contributed by atoms with E-state index in [1.165, 1.54) is 6.07 Å². The van der Waals surface area contributed by atoms with Crippen LogP contribution in [0.4, 0.5) is 15.8 Å². The zero-order chi connectivity index (χ0) is 21.3. The number of ether oxygens (including phenoxy) is 1. The Labute approximate surface area is 177 Å². The number of para-hydroxylation sites is 2. The topological polar surface area (TPSA) is 84.5 Å². The summed E-state index contributed by atoms with van der Waals surface area (Å²) < 4.78 is 46.4. The highest BCUT2D eigenvalue weighted by Gasteiger charge is 2.30. The number of amides is 1. The van der Waals surface area contributed by atoms with Gasteiger partial charge in [-0.05, 0) is 60.2 Å². The number of sulfonamides is 1. The number of benzene rings is 3. The van der Waals surface area contributed by atoms with Crippen LogP contribution in [0, 0.1) is 5.82 Å². The smallest absolute Gasteiger partial charge is 0.265 e. The fraction of sp³-hybridized carbons (Fsp3) is 0.0952. The molecule has 3 aromatic carbocycles. The minimum absolute atomic E-state index is 0.100. The first kappa shape index (κ1) is 20.2. The molecule has 4 rings (SSSR count). The maximum atomic E-state index is 13.1. The zero-order valence-corrected chi connectivity index (χ0v) is 17.0. The van der Waals surface area contributed by atoms with Crippen LogP contribution in [0.3, 0.4) is 0 Å². The minimum atomic E-state index is -3.97. The van der Waals surface area contributed by atoms with Gasteiger partial charge in [0.25, 0.3) is 15.9 Å². The number of hydrogen-bond acceptors (Lipinski definition) is 4. The molecule has 0 saturated carbocycles. The van der Waals surface area contributed by atoms with Gasteiger partial charge in [0.05, 0.1) is 16.3 Å². The van der Waals surface area contributed by atoms with Crippen molar-refractivity contribution in [2.24, 2.45) is 0 Å². The van der Waals surface area contributed by atoms with Gasteiger partial charge < -0.3 is 10.1 Å². The van der Waals surface area contributed by atoms with Gasteiger partial charge in [-0.2, -0.15) is 0 Å². The van der Waals surface area contributed by atoms with Gasteiger partial charge in [0.1, 0.15) is 11.6 Å². The van der Waals surface area contributed by atoms with Crippen LogP contribution < -0.4 is 14.8 Å². The molecular formula is C21H16ClFN2O4S. The van der Waals surface area contributed by atoms with E-state index in [0.717, 1.165) is 29.8 Å². The van der Waals surface area contributed by atoms with Crippen molar-refractivity contribution in [3.05, 3.63) is 83.1 Å². The van der Waals surface area contributed by atoms with E-state index < -0.39 is 27.9 Å².